The molecular formula is C21H22F3N3O3. The summed E-state index contributed by atoms with van der Waals surface area (Å²) >= 11 is 0. The van der Waals surface area contributed by atoms with Crippen LogP contribution in [0.5, 0.6) is 0 Å². The number of amides is 1. The number of piperidine rings is 1. The van der Waals surface area contributed by atoms with Crippen LogP contribution in [0, 0.1) is 6.92 Å². The Morgan fingerprint density at radius 3 is 2.47 bits per heavy atom. The highest BCUT2D eigenvalue weighted by Gasteiger charge is 2.43. The minimum Gasteiger partial charge on any atom is -0.465 e. The van der Waals surface area contributed by atoms with Crippen LogP contribution in [0.25, 0.3) is 0 Å². The zero-order valence-electron chi connectivity index (χ0n) is 16.5. The lowest BCUT2D eigenvalue weighted by Gasteiger charge is -2.38. The number of hydrogen-bond donors (Lipinski definition) is 1. The van der Waals surface area contributed by atoms with Gasteiger partial charge < -0.3 is 19.5 Å². The van der Waals surface area contributed by atoms with Crippen LogP contribution >= 0.6 is 0 Å². The molecule has 2 aliphatic heterocycles. The molecule has 0 aliphatic carbocycles. The molecule has 2 aromatic rings. The summed E-state index contributed by atoms with van der Waals surface area (Å²) in [7, 11) is 0. The first kappa shape index (κ1) is 20.3. The average molecular weight is 421 g/mol. The van der Waals surface area contributed by atoms with E-state index in [9.17, 15) is 18.0 Å². The van der Waals surface area contributed by atoms with Crippen molar-refractivity contribution in [3.63, 3.8) is 0 Å². The van der Waals surface area contributed by atoms with Gasteiger partial charge in [-0.25, -0.2) is 0 Å². The molecule has 1 saturated heterocycles. The Kier molecular flexibility index (Phi) is 5.21. The van der Waals surface area contributed by atoms with Crippen LogP contribution in [-0.4, -0.2) is 30.3 Å². The van der Waals surface area contributed by atoms with E-state index in [1.54, 1.807) is 6.07 Å². The lowest BCUT2D eigenvalue weighted by molar-refractivity contribution is -0.137. The summed E-state index contributed by atoms with van der Waals surface area (Å²) in [5, 5.41) is 6.78. The third-order valence-corrected chi connectivity index (χ3v) is 5.55. The van der Waals surface area contributed by atoms with Crippen LogP contribution in [0.2, 0.25) is 0 Å². The predicted molar refractivity (Wildman–Crippen MR) is 104 cm³/mol. The van der Waals surface area contributed by atoms with Crippen molar-refractivity contribution in [2.45, 2.75) is 44.5 Å². The van der Waals surface area contributed by atoms with Gasteiger partial charge in [0.2, 0.25) is 0 Å². The van der Waals surface area contributed by atoms with Crippen molar-refractivity contribution in [3.8, 4) is 0 Å². The molecule has 1 aromatic heterocycles. The van der Waals surface area contributed by atoms with Crippen LogP contribution in [0.4, 0.5) is 18.9 Å². The van der Waals surface area contributed by atoms with Gasteiger partial charge >= 0.3 is 6.18 Å². The highest BCUT2D eigenvalue weighted by Crippen LogP contribution is 2.37. The summed E-state index contributed by atoms with van der Waals surface area (Å²) in [6, 6.07) is 8.80. The van der Waals surface area contributed by atoms with Crippen molar-refractivity contribution in [2.24, 2.45) is 5.16 Å². The molecule has 2 aliphatic rings. The number of benzene rings is 1. The number of furan rings is 1. The zero-order valence-corrected chi connectivity index (χ0v) is 16.5. The van der Waals surface area contributed by atoms with E-state index in [-0.39, 0.29) is 12.5 Å². The lowest BCUT2D eigenvalue weighted by atomic mass is 9.86. The molecule has 0 saturated carbocycles. The number of rotatable bonds is 4. The van der Waals surface area contributed by atoms with Crippen molar-refractivity contribution >= 4 is 17.3 Å². The second-order valence-corrected chi connectivity index (χ2v) is 7.72. The van der Waals surface area contributed by atoms with Crippen LogP contribution in [0.15, 0.2) is 46.0 Å². The van der Waals surface area contributed by atoms with Crippen molar-refractivity contribution in [1.29, 1.82) is 0 Å². The van der Waals surface area contributed by atoms with Gasteiger partial charge in [-0.1, -0.05) is 5.16 Å². The summed E-state index contributed by atoms with van der Waals surface area (Å²) in [5.41, 5.74) is -0.103. The van der Waals surface area contributed by atoms with Gasteiger partial charge in [-0.15, -0.1) is 0 Å². The summed E-state index contributed by atoms with van der Waals surface area (Å²) in [6.45, 7) is 3.34. The highest BCUT2D eigenvalue weighted by atomic mass is 19.4. The Balaban J connectivity index is 1.29. The Labute approximate surface area is 171 Å². The molecule has 4 rings (SSSR count). The molecule has 1 N–H and O–H groups in total. The molecule has 3 heterocycles. The van der Waals surface area contributed by atoms with Crippen LogP contribution in [0.1, 0.15) is 36.3 Å². The van der Waals surface area contributed by atoms with Crippen molar-refractivity contribution in [2.75, 3.05) is 18.0 Å². The maximum absolute atomic E-state index is 12.7. The van der Waals surface area contributed by atoms with E-state index in [4.69, 9.17) is 9.25 Å². The molecule has 0 atom stereocenters. The molecule has 1 aromatic carbocycles. The van der Waals surface area contributed by atoms with E-state index < -0.39 is 17.3 Å². The summed E-state index contributed by atoms with van der Waals surface area (Å²) < 4.78 is 43.6. The van der Waals surface area contributed by atoms with E-state index in [0.29, 0.717) is 43.8 Å². The summed E-state index contributed by atoms with van der Waals surface area (Å²) in [5.74, 6) is 1.16. The number of carbonyl (C=O) groups excluding carboxylic acids is 1. The first-order valence-electron chi connectivity index (χ1n) is 9.75. The molecule has 30 heavy (non-hydrogen) atoms. The number of hydrogen-bond acceptors (Lipinski definition) is 5. The van der Waals surface area contributed by atoms with E-state index >= 15 is 0 Å². The maximum atomic E-state index is 12.7. The minimum absolute atomic E-state index is 0.278. The van der Waals surface area contributed by atoms with Gasteiger partial charge in [0, 0.05) is 38.0 Å². The standard InChI is InChI=1S/C21H22F3N3O3/c1-14-2-7-17(29-14)13-25-19(28)18-12-20(30-26-18)8-10-27(11-9-20)16-5-3-15(4-6-16)21(22,23)24/h2-7H,8-13H2,1H3,(H,25,28). The van der Waals surface area contributed by atoms with Crippen LogP contribution in [-0.2, 0) is 22.4 Å². The van der Waals surface area contributed by atoms with Gasteiger partial charge in [0.05, 0.1) is 12.1 Å². The molecule has 0 unspecified atom stereocenters. The Morgan fingerprint density at radius 2 is 1.87 bits per heavy atom. The minimum atomic E-state index is -4.34. The number of nitrogens with zero attached hydrogens (tertiary/aromatic N) is 2. The number of anilines is 1. The van der Waals surface area contributed by atoms with Crippen molar-refractivity contribution < 1.29 is 27.2 Å². The third-order valence-electron chi connectivity index (χ3n) is 5.55. The molecule has 9 heteroatoms. The van der Waals surface area contributed by atoms with Gasteiger partial charge in [0.1, 0.15) is 22.8 Å². The molecule has 6 nitrogen and oxygen atoms in total. The second-order valence-electron chi connectivity index (χ2n) is 7.72. The number of alkyl halides is 3. The fourth-order valence-corrected chi connectivity index (χ4v) is 3.79. The monoisotopic (exact) mass is 421 g/mol. The molecule has 160 valence electrons. The van der Waals surface area contributed by atoms with Crippen molar-refractivity contribution in [1.82, 2.24) is 5.32 Å². The smallest absolute Gasteiger partial charge is 0.416 e. The van der Waals surface area contributed by atoms with Gasteiger partial charge in [0.15, 0.2) is 0 Å². The number of halogens is 3. The van der Waals surface area contributed by atoms with E-state index in [2.05, 4.69) is 10.5 Å². The molecule has 1 amide bonds. The lowest BCUT2D eigenvalue weighted by Crippen LogP contribution is -2.45. The fraction of sp³-hybridized carbons (Fsp3) is 0.429. The molecule has 0 radical (unpaired) electrons. The van der Waals surface area contributed by atoms with Gasteiger partial charge in [-0.3, -0.25) is 4.79 Å². The normalized spacial score (nSPS) is 18.3. The van der Waals surface area contributed by atoms with Crippen LogP contribution in [0.3, 0.4) is 0 Å². The first-order valence-corrected chi connectivity index (χ1v) is 9.75. The van der Waals surface area contributed by atoms with Crippen LogP contribution < -0.4 is 10.2 Å². The molecule has 1 spiro atoms. The number of nitrogens with one attached hydrogen (secondary N) is 1. The highest BCUT2D eigenvalue weighted by molar-refractivity contribution is 6.39. The summed E-state index contributed by atoms with van der Waals surface area (Å²) in [4.78, 5) is 20.1. The number of aryl methyl sites for hydroxylation is 1. The van der Waals surface area contributed by atoms with E-state index in [0.717, 1.165) is 23.6 Å². The molecule has 1 fully saturated rings. The third kappa shape index (κ3) is 4.29. The largest absolute Gasteiger partial charge is 0.465 e. The van der Waals surface area contributed by atoms with Crippen molar-refractivity contribution in [3.05, 3.63) is 53.5 Å². The van der Waals surface area contributed by atoms with Gasteiger partial charge in [-0.2, -0.15) is 13.2 Å². The van der Waals surface area contributed by atoms with E-state index in [1.807, 2.05) is 17.9 Å². The SMILES string of the molecule is Cc1ccc(CNC(=O)C2=NOC3(CCN(c4ccc(C(F)(F)F)cc4)CC3)C2)o1. The number of carbonyl (C=O) groups is 1. The zero-order chi connectivity index (χ0) is 21.4. The first-order chi connectivity index (χ1) is 14.2. The Hall–Kier alpha value is -2.97. The molecule has 0 bridgehead atoms. The predicted octanol–water partition coefficient (Wildman–Crippen LogP) is 4.04. The topological polar surface area (TPSA) is 67.1 Å². The van der Waals surface area contributed by atoms with Gasteiger partial charge in [0.25, 0.3) is 5.91 Å². The Bertz CT molecular complexity index is 942. The fourth-order valence-electron chi connectivity index (χ4n) is 3.79. The van der Waals surface area contributed by atoms with Gasteiger partial charge in [-0.05, 0) is 43.3 Å². The average Bonchev–Trinajstić information content (AvgIpc) is 3.33. The van der Waals surface area contributed by atoms with E-state index in [1.165, 1.54) is 12.1 Å². The summed E-state index contributed by atoms with van der Waals surface area (Å²) in [6.07, 6.45) is -2.67. The molecular weight excluding hydrogens is 399 g/mol. The number of oxime groups is 1. The maximum Gasteiger partial charge on any atom is 0.416 e. The Morgan fingerprint density at radius 1 is 1.17 bits per heavy atom. The quantitative estimate of drug-likeness (QED) is 0.809. The second kappa shape index (κ2) is 7.70.